The monoisotopic (exact) mass is 515 g/mol. The van der Waals surface area contributed by atoms with Crippen molar-refractivity contribution >= 4 is 40.3 Å². The lowest BCUT2D eigenvalue weighted by Gasteiger charge is -2.32. The van der Waals surface area contributed by atoms with Crippen LogP contribution in [-0.2, 0) is 16.0 Å². The van der Waals surface area contributed by atoms with Crippen LogP contribution in [0.2, 0.25) is 0 Å². The molecule has 0 aliphatic carbocycles. The molecule has 0 bridgehead atoms. The molecular weight excluding hydrogens is 486 g/mol. The van der Waals surface area contributed by atoms with Crippen LogP contribution in [0.5, 0.6) is 0 Å². The standard InChI is InChI=1S/C26H29N9O3/c1-5-20(36)34-8-6-7-18(13-34)35-25-22(24(28)29-14-30-25)23(32-35)26(38)31-19-10-17(12-27)16(9-15(19)2)11-21(37)33(3)4/h5,9-10,14,18H,1,6-8,11,13H2,2-4H3,(H,31,38)(H2,28,29,30). The highest BCUT2D eigenvalue weighted by molar-refractivity contribution is 6.13. The number of nitriles is 1. The summed E-state index contributed by atoms with van der Waals surface area (Å²) >= 11 is 0. The van der Waals surface area contributed by atoms with Crippen LogP contribution in [0, 0.1) is 18.3 Å². The molecule has 12 heteroatoms. The van der Waals surface area contributed by atoms with Crippen molar-refractivity contribution in [2.75, 3.05) is 38.2 Å². The molecule has 1 fully saturated rings. The summed E-state index contributed by atoms with van der Waals surface area (Å²) in [5.41, 5.74) is 8.53. The van der Waals surface area contributed by atoms with Gasteiger partial charge in [-0.3, -0.25) is 14.4 Å². The van der Waals surface area contributed by atoms with Gasteiger partial charge < -0.3 is 20.9 Å². The summed E-state index contributed by atoms with van der Waals surface area (Å²) in [7, 11) is 3.30. The number of benzene rings is 1. The van der Waals surface area contributed by atoms with Crippen molar-refractivity contribution in [2.24, 2.45) is 0 Å². The van der Waals surface area contributed by atoms with Gasteiger partial charge in [0.1, 0.15) is 12.1 Å². The summed E-state index contributed by atoms with van der Waals surface area (Å²) in [6, 6.07) is 5.15. The predicted octanol–water partition coefficient (Wildman–Crippen LogP) is 1.82. The van der Waals surface area contributed by atoms with Gasteiger partial charge in [-0.25, -0.2) is 14.6 Å². The van der Waals surface area contributed by atoms with Crippen molar-refractivity contribution in [3.8, 4) is 6.07 Å². The van der Waals surface area contributed by atoms with Crippen LogP contribution in [0.1, 0.15) is 46.1 Å². The Kier molecular flexibility index (Phi) is 7.38. The third-order valence-electron chi connectivity index (χ3n) is 6.62. The molecule has 1 unspecified atom stereocenters. The van der Waals surface area contributed by atoms with Crippen molar-refractivity contribution < 1.29 is 14.4 Å². The van der Waals surface area contributed by atoms with Gasteiger partial charge in [0, 0.05) is 32.9 Å². The van der Waals surface area contributed by atoms with E-state index in [0.717, 1.165) is 12.8 Å². The SMILES string of the molecule is C=CC(=O)N1CCCC(n2nc(C(=O)Nc3cc(C#N)c(CC(=O)N(C)C)cc3C)c3c(N)ncnc32)C1. The zero-order chi connectivity index (χ0) is 27.6. The lowest BCUT2D eigenvalue weighted by molar-refractivity contribution is -0.128. The normalized spacial score (nSPS) is 15.1. The Morgan fingerprint density at radius 2 is 2.08 bits per heavy atom. The van der Waals surface area contributed by atoms with Gasteiger partial charge in [-0.2, -0.15) is 10.4 Å². The average molecular weight is 516 g/mol. The number of rotatable bonds is 6. The molecule has 4 rings (SSSR count). The zero-order valence-electron chi connectivity index (χ0n) is 21.6. The number of fused-ring (bicyclic) bond motifs is 1. The molecule has 3 N–H and O–H groups in total. The van der Waals surface area contributed by atoms with E-state index in [1.165, 1.54) is 17.3 Å². The summed E-state index contributed by atoms with van der Waals surface area (Å²) in [4.78, 5) is 49.4. The van der Waals surface area contributed by atoms with Gasteiger partial charge in [-0.15, -0.1) is 0 Å². The molecule has 0 saturated carbocycles. The Hall–Kier alpha value is -4.79. The predicted molar refractivity (Wildman–Crippen MR) is 141 cm³/mol. The number of nitrogen functional groups attached to an aromatic ring is 1. The van der Waals surface area contributed by atoms with Crippen molar-refractivity contribution in [2.45, 2.75) is 32.2 Å². The second-order valence-corrected chi connectivity index (χ2v) is 9.39. The second kappa shape index (κ2) is 10.7. The Morgan fingerprint density at radius 1 is 1.32 bits per heavy atom. The van der Waals surface area contributed by atoms with E-state index in [1.54, 1.807) is 42.7 Å². The molecule has 1 aliphatic rings. The average Bonchev–Trinajstić information content (AvgIpc) is 3.31. The van der Waals surface area contributed by atoms with E-state index >= 15 is 0 Å². The van der Waals surface area contributed by atoms with Crippen LogP contribution in [0.3, 0.4) is 0 Å². The smallest absolute Gasteiger partial charge is 0.277 e. The third kappa shape index (κ3) is 5.04. The van der Waals surface area contributed by atoms with E-state index in [0.29, 0.717) is 40.9 Å². The second-order valence-electron chi connectivity index (χ2n) is 9.39. The van der Waals surface area contributed by atoms with Gasteiger partial charge in [0.15, 0.2) is 11.3 Å². The van der Waals surface area contributed by atoms with Gasteiger partial charge in [0.05, 0.1) is 29.5 Å². The number of nitrogens with zero attached hydrogens (tertiary/aromatic N) is 7. The van der Waals surface area contributed by atoms with Gasteiger partial charge >= 0.3 is 0 Å². The number of aryl methyl sites for hydroxylation is 1. The molecule has 3 amide bonds. The van der Waals surface area contributed by atoms with Crippen LogP contribution in [0.4, 0.5) is 11.5 Å². The first-order chi connectivity index (χ1) is 18.1. The lowest BCUT2D eigenvalue weighted by Crippen LogP contribution is -2.40. The number of amides is 3. The van der Waals surface area contributed by atoms with Crippen molar-refractivity contribution in [1.29, 1.82) is 5.26 Å². The van der Waals surface area contributed by atoms with Crippen LogP contribution < -0.4 is 11.1 Å². The number of aromatic nitrogens is 4. The lowest BCUT2D eigenvalue weighted by atomic mass is 10.00. The van der Waals surface area contributed by atoms with Crippen LogP contribution in [0.25, 0.3) is 11.0 Å². The molecule has 1 saturated heterocycles. The van der Waals surface area contributed by atoms with Gasteiger partial charge in [0.25, 0.3) is 5.91 Å². The first kappa shape index (κ1) is 26.3. The molecule has 12 nitrogen and oxygen atoms in total. The highest BCUT2D eigenvalue weighted by Crippen LogP contribution is 2.30. The molecule has 196 valence electrons. The fraction of sp³-hybridized carbons (Fsp3) is 0.346. The molecule has 0 radical (unpaired) electrons. The van der Waals surface area contributed by atoms with Gasteiger partial charge in [-0.1, -0.05) is 12.6 Å². The Balaban J connectivity index is 1.68. The largest absolute Gasteiger partial charge is 0.383 e. The molecule has 38 heavy (non-hydrogen) atoms. The maximum absolute atomic E-state index is 13.5. The number of nitrogens with two attached hydrogens (primary N) is 1. The maximum Gasteiger partial charge on any atom is 0.277 e. The number of piperidine rings is 1. The molecule has 1 aliphatic heterocycles. The van der Waals surface area contributed by atoms with E-state index in [9.17, 15) is 19.6 Å². The number of hydrogen-bond acceptors (Lipinski definition) is 8. The van der Waals surface area contributed by atoms with E-state index in [-0.39, 0.29) is 41.4 Å². The first-order valence-electron chi connectivity index (χ1n) is 12.1. The Labute approximate surface area is 219 Å². The highest BCUT2D eigenvalue weighted by atomic mass is 16.2. The molecule has 1 aromatic carbocycles. The van der Waals surface area contributed by atoms with E-state index in [1.807, 2.05) is 0 Å². The molecule has 3 heterocycles. The number of carbonyl (C=O) groups is 3. The fourth-order valence-corrected chi connectivity index (χ4v) is 4.55. The number of hydrogen-bond donors (Lipinski definition) is 2. The topological polar surface area (TPSA) is 163 Å². The quantitative estimate of drug-likeness (QED) is 0.470. The first-order valence-corrected chi connectivity index (χ1v) is 12.1. The minimum Gasteiger partial charge on any atom is -0.383 e. The molecule has 2 aromatic heterocycles. The number of likely N-dealkylation sites (N-methyl/N-ethyl adjacent to an activating group) is 1. The molecule has 0 spiro atoms. The summed E-state index contributed by atoms with van der Waals surface area (Å²) in [6.45, 7) is 6.35. The van der Waals surface area contributed by atoms with Crippen molar-refractivity contribution in [3.63, 3.8) is 0 Å². The van der Waals surface area contributed by atoms with Crippen LogP contribution in [-0.4, -0.2) is 74.5 Å². The summed E-state index contributed by atoms with van der Waals surface area (Å²) in [5.74, 6) is -0.749. The van der Waals surface area contributed by atoms with E-state index in [2.05, 4.69) is 33.0 Å². The summed E-state index contributed by atoms with van der Waals surface area (Å²) < 4.78 is 1.63. The fourth-order valence-electron chi connectivity index (χ4n) is 4.55. The minimum atomic E-state index is -0.547. The number of nitrogens with one attached hydrogen (secondary N) is 1. The molecule has 1 atom stereocenters. The van der Waals surface area contributed by atoms with Gasteiger partial charge in [-0.05, 0) is 43.0 Å². The summed E-state index contributed by atoms with van der Waals surface area (Å²) in [6.07, 6.45) is 4.15. The zero-order valence-corrected chi connectivity index (χ0v) is 21.6. The number of carbonyl (C=O) groups excluding carboxylic acids is 3. The van der Waals surface area contributed by atoms with Crippen molar-refractivity contribution in [3.05, 3.63) is 53.5 Å². The van der Waals surface area contributed by atoms with E-state index < -0.39 is 5.91 Å². The van der Waals surface area contributed by atoms with Crippen LogP contribution >= 0.6 is 0 Å². The summed E-state index contributed by atoms with van der Waals surface area (Å²) in [5, 5.41) is 17.4. The third-order valence-corrected chi connectivity index (χ3v) is 6.62. The number of likely N-dealkylation sites (tertiary alicyclic amines) is 1. The minimum absolute atomic E-state index is 0.0371. The van der Waals surface area contributed by atoms with Crippen molar-refractivity contribution in [1.82, 2.24) is 29.5 Å². The van der Waals surface area contributed by atoms with E-state index in [4.69, 9.17) is 5.73 Å². The maximum atomic E-state index is 13.5. The Morgan fingerprint density at radius 3 is 2.76 bits per heavy atom. The highest BCUT2D eigenvalue weighted by Gasteiger charge is 2.29. The number of anilines is 2. The molecular formula is C26H29N9O3. The molecule has 3 aromatic rings. The van der Waals surface area contributed by atoms with Gasteiger partial charge in [0.2, 0.25) is 11.8 Å². The van der Waals surface area contributed by atoms with Crippen LogP contribution in [0.15, 0.2) is 31.1 Å². The Bertz CT molecular complexity index is 1490.